The Morgan fingerprint density at radius 3 is 2.83 bits per heavy atom. The molecule has 142 valence electrons. The first-order valence-electron chi connectivity index (χ1n) is 8.29. The fourth-order valence-electron chi connectivity index (χ4n) is 2.81. The van der Waals surface area contributed by atoms with E-state index >= 15 is 0 Å². The molecule has 1 N–H and O–H groups in total. The van der Waals surface area contributed by atoms with Gasteiger partial charge in [0, 0.05) is 0 Å². The molecule has 29 heavy (non-hydrogen) atoms. The van der Waals surface area contributed by atoms with Gasteiger partial charge in [-0.2, -0.15) is 4.52 Å². The molecule has 2 aromatic heterocycles. The molecule has 1 aliphatic heterocycles. The Bertz CT molecular complexity index is 1340. The monoisotopic (exact) mass is 441 g/mol. The van der Waals surface area contributed by atoms with Crippen molar-refractivity contribution in [1.82, 2.24) is 30.3 Å². The highest BCUT2D eigenvalue weighted by Crippen LogP contribution is 2.35. The van der Waals surface area contributed by atoms with Crippen LogP contribution in [-0.4, -0.2) is 36.1 Å². The lowest BCUT2D eigenvalue weighted by molar-refractivity contribution is -0.115. The van der Waals surface area contributed by atoms with Crippen LogP contribution in [0.2, 0.25) is 10.0 Å². The van der Waals surface area contributed by atoms with E-state index in [1.807, 2.05) is 18.2 Å². The summed E-state index contributed by atoms with van der Waals surface area (Å²) in [6.45, 7) is 0. The van der Waals surface area contributed by atoms with Gasteiger partial charge in [-0.25, -0.2) is 4.99 Å². The van der Waals surface area contributed by atoms with Gasteiger partial charge in [-0.05, 0) is 58.1 Å². The molecular formula is C18H9Cl2N7OS. The highest BCUT2D eigenvalue weighted by molar-refractivity contribution is 8.18. The number of fused-ring (bicyclic) bond motifs is 3. The molecule has 4 aromatic rings. The summed E-state index contributed by atoms with van der Waals surface area (Å²) in [5, 5.41) is 15.5. The van der Waals surface area contributed by atoms with Gasteiger partial charge in [0.1, 0.15) is 5.69 Å². The van der Waals surface area contributed by atoms with Gasteiger partial charge in [0.15, 0.2) is 10.8 Å². The van der Waals surface area contributed by atoms with Crippen LogP contribution >= 0.6 is 35.0 Å². The molecule has 0 unspecified atom stereocenters. The number of nitrogens with zero attached hydrogens (tertiary/aromatic N) is 6. The second kappa shape index (κ2) is 7.11. The van der Waals surface area contributed by atoms with Gasteiger partial charge in [-0.3, -0.25) is 9.78 Å². The van der Waals surface area contributed by atoms with E-state index in [0.717, 1.165) is 16.6 Å². The minimum absolute atomic E-state index is 0.254. The van der Waals surface area contributed by atoms with Crippen molar-refractivity contribution in [2.45, 2.75) is 0 Å². The molecule has 0 radical (unpaired) electrons. The van der Waals surface area contributed by atoms with Crippen LogP contribution in [-0.2, 0) is 4.79 Å². The van der Waals surface area contributed by atoms with Gasteiger partial charge in [0.25, 0.3) is 5.91 Å². The molecule has 3 heterocycles. The number of carbonyl (C=O) groups excluding carboxylic acids is 1. The van der Waals surface area contributed by atoms with Crippen LogP contribution < -0.4 is 5.32 Å². The molecule has 1 aliphatic rings. The average molecular weight is 442 g/mol. The molecule has 11 heteroatoms. The van der Waals surface area contributed by atoms with Crippen LogP contribution in [0.1, 0.15) is 5.56 Å². The van der Waals surface area contributed by atoms with E-state index in [9.17, 15) is 4.79 Å². The summed E-state index contributed by atoms with van der Waals surface area (Å²) in [6, 6.07) is 10.7. The number of amidine groups is 1. The van der Waals surface area contributed by atoms with Gasteiger partial charge < -0.3 is 5.32 Å². The molecule has 5 rings (SSSR count). The summed E-state index contributed by atoms with van der Waals surface area (Å²) in [7, 11) is 0. The number of thioether (sulfide) groups is 1. The zero-order valence-electron chi connectivity index (χ0n) is 14.4. The van der Waals surface area contributed by atoms with Crippen LogP contribution in [0, 0.1) is 0 Å². The lowest BCUT2D eigenvalue weighted by Gasteiger charge is -2.02. The first kappa shape index (κ1) is 18.0. The number of nitrogens with one attached hydrogen (secondary N) is 1. The second-order valence-electron chi connectivity index (χ2n) is 6.01. The predicted octanol–water partition coefficient (Wildman–Crippen LogP) is 3.87. The van der Waals surface area contributed by atoms with E-state index in [1.165, 1.54) is 11.8 Å². The minimum Gasteiger partial charge on any atom is -0.300 e. The standard InChI is InChI=1S/C18H9Cl2N7OS/c19-10-2-1-3-11(20)16(10)22-18-23-17(28)14(29-18)7-9-4-5-12-13(6-9)27-15(8-21-12)24-25-26-27/h1-8H,(H,22,23,28)/b14-7-. The van der Waals surface area contributed by atoms with Crippen LogP contribution in [0.15, 0.2) is 52.5 Å². The summed E-state index contributed by atoms with van der Waals surface area (Å²) >= 11 is 13.5. The molecule has 1 saturated heterocycles. The van der Waals surface area contributed by atoms with E-state index in [4.69, 9.17) is 23.2 Å². The number of rotatable bonds is 2. The third kappa shape index (κ3) is 3.33. The summed E-state index contributed by atoms with van der Waals surface area (Å²) < 4.78 is 1.60. The molecule has 0 saturated carbocycles. The number of carbonyl (C=O) groups is 1. The van der Waals surface area contributed by atoms with E-state index in [-0.39, 0.29) is 5.91 Å². The zero-order chi connectivity index (χ0) is 20.0. The van der Waals surface area contributed by atoms with Crippen molar-refractivity contribution in [1.29, 1.82) is 0 Å². The molecule has 0 spiro atoms. The summed E-state index contributed by atoms with van der Waals surface area (Å²) in [6.07, 6.45) is 3.36. The lowest BCUT2D eigenvalue weighted by atomic mass is 10.2. The topological polar surface area (TPSA) is 97.4 Å². The van der Waals surface area contributed by atoms with Gasteiger partial charge in [0.2, 0.25) is 0 Å². The fraction of sp³-hybridized carbons (Fsp3) is 0. The first-order chi connectivity index (χ1) is 14.1. The number of halogens is 2. The fourth-order valence-corrected chi connectivity index (χ4v) is 4.12. The number of tetrazole rings is 1. The largest absolute Gasteiger partial charge is 0.300 e. The molecule has 0 atom stereocenters. The molecule has 2 aromatic carbocycles. The van der Waals surface area contributed by atoms with Gasteiger partial charge in [-0.15, -0.1) is 5.10 Å². The van der Waals surface area contributed by atoms with Gasteiger partial charge in [-0.1, -0.05) is 35.3 Å². The van der Waals surface area contributed by atoms with Crippen molar-refractivity contribution in [3.63, 3.8) is 0 Å². The van der Waals surface area contributed by atoms with Crippen LogP contribution in [0.3, 0.4) is 0 Å². The van der Waals surface area contributed by atoms with E-state index in [1.54, 1.807) is 35.0 Å². The Morgan fingerprint density at radius 2 is 2.00 bits per heavy atom. The second-order valence-corrected chi connectivity index (χ2v) is 7.85. The maximum atomic E-state index is 12.4. The number of benzene rings is 2. The first-order valence-corrected chi connectivity index (χ1v) is 9.86. The van der Waals surface area contributed by atoms with E-state index in [0.29, 0.717) is 31.5 Å². The van der Waals surface area contributed by atoms with Crippen molar-refractivity contribution in [2.75, 3.05) is 0 Å². The molecule has 0 aliphatic carbocycles. The molecule has 1 fully saturated rings. The minimum atomic E-state index is -0.254. The smallest absolute Gasteiger partial charge is 0.264 e. The Hall–Kier alpha value is -3.01. The normalized spacial score (nSPS) is 17.0. The maximum absolute atomic E-state index is 12.4. The van der Waals surface area contributed by atoms with Crippen molar-refractivity contribution in [3.8, 4) is 0 Å². The van der Waals surface area contributed by atoms with E-state index in [2.05, 4.69) is 30.8 Å². The number of hydrogen-bond acceptors (Lipinski definition) is 7. The number of hydrogen-bond donors (Lipinski definition) is 1. The summed E-state index contributed by atoms with van der Waals surface area (Å²) in [5.41, 5.74) is 3.24. The summed E-state index contributed by atoms with van der Waals surface area (Å²) in [5.74, 6) is -0.254. The Labute approximate surface area is 177 Å². The van der Waals surface area contributed by atoms with Crippen molar-refractivity contribution in [3.05, 3.63) is 63.1 Å². The summed E-state index contributed by atoms with van der Waals surface area (Å²) in [4.78, 5) is 21.6. The Morgan fingerprint density at radius 1 is 1.17 bits per heavy atom. The van der Waals surface area contributed by atoms with Crippen LogP contribution in [0.4, 0.5) is 5.69 Å². The number of amides is 1. The number of para-hydroxylation sites is 1. The third-order valence-corrected chi connectivity index (χ3v) is 5.66. The van der Waals surface area contributed by atoms with Crippen molar-refractivity contribution in [2.24, 2.45) is 4.99 Å². The predicted molar refractivity (Wildman–Crippen MR) is 113 cm³/mol. The van der Waals surface area contributed by atoms with Crippen molar-refractivity contribution >= 4 is 74.5 Å². The van der Waals surface area contributed by atoms with Gasteiger partial charge >= 0.3 is 0 Å². The molecule has 1 amide bonds. The lowest BCUT2D eigenvalue weighted by Crippen LogP contribution is -2.19. The average Bonchev–Trinajstić information content (AvgIpc) is 3.32. The SMILES string of the molecule is O=C1NC(=Nc2c(Cl)cccc2Cl)S/C1=C\c1ccc2ncc3nnnn3c2c1. The highest BCUT2D eigenvalue weighted by atomic mass is 35.5. The Balaban J connectivity index is 1.51. The Kier molecular flexibility index (Phi) is 4.42. The quantitative estimate of drug-likeness (QED) is 0.474. The van der Waals surface area contributed by atoms with Crippen LogP contribution in [0.5, 0.6) is 0 Å². The highest BCUT2D eigenvalue weighted by Gasteiger charge is 2.24. The van der Waals surface area contributed by atoms with Gasteiger partial charge in [0.05, 0.1) is 32.2 Å². The van der Waals surface area contributed by atoms with Crippen molar-refractivity contribution < 1.29 is 4.79 Å². The number of aliphatic imine (C=N–C) groups is 1. The molecular weight excluding hydrogens is 433 g/mol. The zero-order valence-corrected chi connectivity index (χ0v) is 16.7. The third-order valence-electron chi connectivity index (χ3n) is 4.14. The molecule has 0 bridgehead atoms. The van der Waals surface area contributed by atoms with Crippen LogP contribution in [0.25, 0.3) is 22.8 Å². The maximum Gasteiger partial charge on any atom is 0.264 e. The number of aromatic nitrogens is 5. The van der Waals surface area contributed by atoms with E-state index < -0.39 is 0 Å². The molecule has 8 nitrogen and oxygen atoms in total.